The summed E-state index contributed by atoms with van der Waals surface area (Å²) in [5.41, 5.74) is 7.14. The van der Waals surface area contributed by atoms with Crippen LogP contribution in [0.25, 0.3) is 0 Å². The highest BCUT2D eigenvalue weighted by atomic mass is 35.5. The van der Waals surface area contributed by atoms with Crippen LogP contribution in [-0.4, -0.2) is 17.9 Å². The van der Waals surface area contributed by atoms with Gasteiger partial charge in [-0.3, -0.25) is 4.79 Å². The number of carbonyl (C=O) groups is 1. The van der Waals surface area contributed by atoms with Crippen LogP contribution in [0.2, 0.25) is 5.02 Å². The van der Waals surface area contributed by atoms with Gasteiger partial charge in [-0.05, 0) is 35.9 Å². The van der Waals surface area contributed by atoms with Crippen LogP contribution in [0.5, 0.6) is 0 Å². The van der Waals surface area contributed by atoms with Crippen LogP contribution in [0.3, 0.4) is 0 Å². The summed E-state index contributed by atoms with van der Waals surface area (Å²) in [6, 6.07) is 11.1. The molecule has 3 nitrogen and oxygen atoms in total. The van der Waals surface area contributed by atoms with E-state index in [0.717, 1.165) is 5.56 Å². The fraction of sp³-hybridized carbons (Fsp3) is 0.133. The van der Waals surface area contributed by atoms with E-state index in [2.05, 4.69) is 0 Å². The largest absolute Gasteiger partial charge is 0.399 e. The number of benzene rings is 2. The number of carbonyl (C=O) groups excluding carboxylic acids is 1. The number of nitrogens with zero attached hydrogens (tertiary/aromatic N) is 1. The summed E-state index contributed by atoms with van der Waals surface area (Å²) < 4.78 is 13.6. The average Bonchev–Trinajstić information content (AvgIpc) is 2.43. The molecule has 0 unspecified atom stereocenters. The molecule has 20 heavy (non-hydrogen) atoms. The van der Waals surface area contributed by atoms with Crippen molar-refractivity contribution in [2.45, 2.75) is 6.54 Å². The molecule has 0 spiro atoms. The molecule has 0 aliphatic carbocycles. The van der Waals surface area contributed by atoms with Gasteiger partial charge in [-0.25, -0.2) is 4.39 Å². The van der Waals surface area contributed by atoms with Gasteiger partial charge in [-0.2, -0.15) is 0 Å². The van der Waals surface area contributed by atoms with Gasteiger partial charge in [0.15, 0.2) is 0 Å². The van der Waals surface area contributed by atoms with E-state index in [4.69, 9.17) is 17.3 Å². The number of hydrogen-bond acceptors (Lipinski definition) is 2. The maximum Gasteiger partial charge on any atom is 0.256 e. The Morgan fingerprint density at radius 2 is 1.90 bits per heavy atom. The molecule has 104 valence electrons. The van der Waals surface area contributed by atoms with Gasteiger partial charge in [0.1, 0.15) is 5.82 Å². The summed E-state index contributed by atoms with van der Waals surface area (Å²) in [6.45, 7) is 0.366. The van der Waals surface area contributed by atoms with Crippen LogP contribution < -0.4 is 5.73 Å². The molecule has 0 bridgehead atoms. The highest BCUT2D eigenvalue weighted by Gasteiger charge is 2.16. The second-order valence-corrected chi connectivity index (χ2v) is 4.96. The maximum absolute atomic E-state index is 13.6. The number of rotatable bonds is 3. The van der Waals surface area contributed by atoms with E-state index in [9.17, 15) is 9.18 Å². The molecule has 0 fully saturated rings. The lowest BCUT2D eigenvalue weighted by molar-refractivity contribution is 0.0780. The zero-order chi connectivity index (χ0) is 14.7. The van der Waals surface area contributed by atoms with E-state index in [-0.39, 0.29) is 5.56 Å². The third-order valence-electron chi connectivity index (χ3n) is 2.90. The Morgan fingerprint density at radius 3 is 2.55 bits per heavy atom. The topological polar surface area (TPSA) is 46.3 Å². The molecular formula is C15H14ClFN2O. The van der Waals surface area contributed by atoms with E-state index < -0.39 is 11.7 Å². The smallest absolute Gasteiger partial charge is 0.256 e. The van der Waals surface area contributed by atoms with Crippen LogP contribution in [0.15, 0.2) is 42.5 Å². The number of anilines is 1. The van der Waals surface area contributed by atoms with Crippen molar-refractivity contribution in [1.29, 1.82) is 0 Å². The Hall–Kier alpha value is -2.07. The molecule has 2 aromatic carbocycles. The zero-order valence-corrected chi connectivity index (χ0v) is 11.7. The standard InChI is InChI=1S/C15H14ClFN2O/c1-19(9-10-2-5-12(18)6-3-10)15(20)13-8-11(16)4-7-14(13)17/h2-8H,9,18H2,1H3. The fourth-order valence-electron chi connectivity index (χ4n) is 1.84. The molecule has 2 rings (SSSR count). The van der Waals surface area contributed by atoms with Gasteiger partial charge >= 0.3 is 0 Å². The minimum absolute atomic E-state index is 0.0320. The summed E-state index contributed by atoms with van der Waals surface area (Å²) in [5, 5.41) is 0.329. The number of hydrogen-bond donors (Lipinski definition) is 1. The van der Waals surface area contributed by atoms with Crippen LogP contribution >= 0.6 is 11.6 Å². The van der Waals surface area contributed by atoms with Gasteiger partial charge in [-0.15, -0.1) is 0 Å². The van der Waals surface area contributed by atoms with Crippen LogP contribution in [0.1, 0.15) is 15.9 Å². The van der Waals surface area contributed by atoms with E-state index in [1.807, 2.05) is 12.1 Å². The molecule has 1 amide bonds. The van der Waals surface area contributed by atoms with Crippen molar-refractivity contribution in [2.24, 2.45) is 0 Å². The average molecular weight is 293 g/mol. The van der Waals surface area contributed by atoms with Crippen LogP contribution in [0.4, 0.5) is 10.1 Å². The summed E-state index contributed by atoms with van der Waals surface area (Å²) in [7, 11) is 1.61. The first kappa shape index (κ1) is 14.3. The molecule has 5 heteroatoms. The summed E-state index contributed by atoms with van der Waals surface area (Å²) in [5.74, 6) is -0.995. The molecule has 2 N–H and O–H groups in total. The van der Waals surface area contributed by atoms with Gasteiger partial charge in [0.05, 0.1) is 5.56 Å². The number of amides is 1. The van der Waals surface area contributed by atoms with Crippen LogP contribution in [-0.2, 0) is 6.54 Å². The van der Waals surface area contributed by atoms with Gasteiger partial charge in [0.2, 0.25) is 0 Å². The lowest BCUT2D eigenvalue weighted by Gasteiger charge is -2.18. The van der Waals surface area contributed by atoms with Gasteiger partial charge < -0.3 is 10.6 Å². The third kappa shape index (κ3) is 3.27. The molecular weight excluding hydrogens is 279 g/mol. The van der Waals surface area contributed by atoms with Crippen molar-refractivity contribution in [2.75, 3.05) is 12.8 Å². The monoisotopic (exact) mass is 292 g/mol. The first-order chi connectivity index (χ1) is 9.47. The Morgan fingerprint density at radius 1 is 1.25 bits per heavy atom. The van der Waals surface area contributed by atoms with Crippen molar-refractivity contribution in [3.05, 3.63) is 64.4 Å². The summed E-state index contributed by atoms with van der Waals surface area (Å²) >= 11 is 5.79. The van der Waals surface area contributed by atoms with Crippen LogP contribution in [0, 0.1) is 5.82 Å². The molecule has 0 saturated heterocycles. The molecule has 0 aliphatic rings. The Labute approximate surface area is 121 Å². The summed E-state index contributed by atoms with van der Waals surface area (Å²) in [6.07, 6.45) is 0. The predicted octanol–water partition coefficient (Wildman–Crippen LogP) is 3.33. The van der Waals surface area contributed by atoms with E-state index in [1.54, 1.807) is 19.2 Å². The molecule has 0 saturated carbocycles. The third-order valence-corrected chi connectivity index (χ3v) is 3.14. The Bertz CT molecular complexity index is 628. The Kier molecular flexibility index (Phi) is 4.25. The minimum Gasteiger partial charge on any atom is -0.399 e. The number of halogens is 2. The van der Waals surface area contributed by atoms with Gasteiger partial charge in [0.25, 0.3) is 5.91 Å². The minimum atomic E-state index is -0.580. The summed E-state index contributed by atoms with van der Waals surface area (Å²) in [4.78, 5) is 13.6. The zero-order valence-electron chi connectivity index (χ0n) is 10.9. The lowest BCUT2D eigenvalue weighted by atomic mass is 10.1. The highest BCUT2D eigenvalue weighted by Crippen LogP contribution is 2.17. The number of nitrogen functional groups attached to an aromatic ring is 1. The van der Waals surface area contributed by atoms with Gasteiger partial charge in [0, 0.05) is 24.3 Å². The number of nitrogens with two attached hydrogens (primary N) is 1. The Balaban J connectivity index is 2.16. The second-order valence-electron chi connectivity index (χ2n) is 4.53. The molecule has 0 aromatic heterocycles. The molecule has 0 aliphatic heterocycles. The van der Waals surface area contributed by atoms with Crippen molar-refractivity contribution >= 4 is 23.2 Å². The highest BCUT2D eigenvalue weighted by molar-refractivity contribution is 6.30. The molecule has 0 atom stereocenters. The molecule has 0 radical (unpaired) electrons. The normalized spacial score (nSPS) is 10.3. The van der Waals surface area contributed by atoms with Crippen molar-refractivity contribution in [1.82, 2.24) is 4.90 Å². The van der Waals surface area contributed by atoms with E-state index in [0.29, 0.717) is 17.3 Å². The van der Waals surface area contributed by atoms with Crippen molar-refractivity contribution in [3.63, 3.8) is 0 Å². The lowest BCUT2D eigenvalue weighted by Crippen LogP contribution is -2.27. The SMILES string of the molecule is CN(Cc1ccc(N)cc1)C(=O)c1cc(Cl)ccc1F. The molecule has 0 heterocycles. The first-order valence-corrected chi connectivity index (χ1v) is 6.40. The quantitative estimate of drug-likeness (QED) is 0.882. The fourth-order valence-corrected chi connectivity index (χ4v) is 2.01. The maximum atomic E-state index is 13.6. The van der Waals surface area contributed by atoms with Crippen molar-refractivity contribution < 1.29 is 9.18 Å². The van der Waals surface area contributed by atoms with E-state index >= 15 is 0 Å². The first-order valence-electron chi connectivity index (χ1n) is 6.02. The van der Waals surface area contributed by atoms with Crippen molar-refractivity contribution in [3.8, 4) is 0 Å². The molecule has 2 aromatic rings. The van der Waals surface area contributed by atoms with E-state index in [1.165, 1.54) is 23.1 Å². The predicted molar refractivity (Wildman–Crippen MR) is 78.1 cm³/mol. The second kappa shape index (κ2) is 5.92. The van der Waals surface area contributed by atoms with Gasteiger partial charge in [-0.1, -0.05) is 23.7 Å².